The van der Waals surface area contributed by atoms with Crippen molar-refractivity contribution < 1.29 is 44.3 Å². The number of fused-ring (bicyclic) bond motifs is 2. The van der Waals surface area contributed by atoms with Gasteiger partial charge >= 0.3 is 11.9 Å². The molecule has 4 aliphatic heterocycles. The second kappa shape index (κ2) is 14.6. The molecule has 0 aromatic heterocycles. The Morgan fingerprint density at radius 2 is 1.93 bits per heavy atom. The fourth-order valence-corrected chi connectivity index (χ4v) is 9.10. The Bertz CT molecular complexity index is 1140. The number of carbonyl (C=O) groups excluding carboxylic acids is 3. The van der Waals surface area contributed by atoms with E-state index in [2.05, 4.69) is 17.7 Å². The Morgan fingerprint density at radius 3 is 2.63 bits per heavy atom. The van der Waals surface area contributed by atoms with Gasteiger partial charge in [-0.2, -0.15) is 0 Å². The molecule has 11 nitrogen and oxygen atoms in total. The summed E-state index contributed by atoms with van der Waals surface area (Å²) in [5.74, 6) is 0.891. The summed E-state index contributed by atoms with van der Waals surface area (Å²) < 4.78 is 19.5. The number of nitrogens with two attached hydrogens (primary N) is 3. The van der Waals surface area contributed by atoms with E-state index >= 15 is 0 Å². The van der Waals surface area contributed by atoms with E-state index in [1.807, 2.05) is 25.7 Å². The highest BCUT2D eigenvalue weighted by molar-refractivity contribution is 5.88. The van der Waals surface area contributed by atoms with Crippen LogP contribution in [0.4, 0.5) is 0 Å². The average molecular weight is 649 g/mol. The Kier molecular flexibility index (Phi) is 11.2. The lowest BCUT2D eigenvalue weighted by Gasteiger charge is -2.47. The number of hydrogen-bond acceptors (Lipinski definition) is 8. The second-order valence-corrected chi connectivity index (χ2v) is 15.6. The maximum absolute atomic E-state index is 13.4. The highest BCUT2D eigenvalue weighted by atomic mass is 16.6. The molecule has 1 aliphatic carbocycles. The maximum atomic E-state index is 13.4. The van der Waals surface area contributed by atoms with Gasteiger partial charge in [0.05, 0.1) is 32.2 Å². The van der Waals surface area contributed by atoms with Crippen molar-refractivity contribution in [1.82, 2.24) is 4.90 Å². The molecule has 5 rings (SSSR count). The Hall–Kier alpha value is -2.05. The predicted molar refractivity (Wildman–Crippen MR) is 171 cm³/mol. The van der Waals surface area contributed by atoms with Crippen molar-refractivity contribution in [2.75, 3.05) is 39.8 Å². The molecule has 0 bridgehead atoms. The lowest BCUT2D eigenvalue weighted by atomic mass is 9.66. The summed E-state index contributed by atoms with van der Waals surface area (Å²) in [7, 11) is 2.07. The first-order chi connectivity index (χ1) is 21.9. The first kappa shape index (κ1) is 35.3. The van der Waals surface area contributed by atoms with Crippen LogP contribution in [0, 0.1) is 35.5 Å². The van der Waals surface area contributed by atoms with Crippen LogP contribution in [0.3, 0.4) is 0 Å². The van der Waals surface area contributed by atoms with Crippen LogP contribution in [0.15, 0.2) is 11.6 Å². The zero-order valence-corrected chi connectivity index (χ0v) is 28.7. The maximum Gasteiger partial charge on any atom is 0.334 e. The fourth-order valence-electron chi connectivity index (χ4n) is 9.10. The second-order valence-electron chi connectivity index (χ2n) is 15.6. The van der Waals surface area contributed by atoms with Gasteiger partial charge in [-0.3, -0.25) is 15.3 Å². The SMILES string of the molecule is CC=C(C)C(=O)OC(C)(C)[C@@]1(CC2CC(N)[NH2+]CC2CC(=O)N2CC(C[NH2+]C)C2)CC2CC3CC(CCCO)C(=O)OC3CC2O1. The third-order valence-electron chi connectivity index (χ3n) is 12.1. The van der Waals surface area contributed by atoms with Crippen LogP contribution in [0.2, 0.25) is 0 Å². The number of aliphatic hydroxyl groups is 1. The van der Waals surface area contributed by atoms with Crippen LogP contribution in [0.5, 0.6) is 0 Å². The molecule has 9 atom stereocenters. The van der Waals surface area contributed by atoms with E-state index in [-0.39, 0.29) is 72.4 Å². The molecule has 7 N–H and O–H groups in total. The predicted octanol–water partition coefficient (Wildman–Crippen LogP) is 0.449. The lowest BCUT2D eigenvalue weighted by molar-refractivity contribution is -0.706. The quantitative estimate of drug-likeness (QED) is 0.175. The highest BCUT2D eigenvalue weighted by Crippen LogP contribution is 2.55. The van der Waals surface area contributed by atoms with E-state index in [9.17, 15) is 19.5 Å². The van der Waals surface area contributed by atoms with Gasteiger partial charge in [0.1, 0.15) is 23.5 Å². The molecule has 0 aromatic rings. The van der Waals surface area contributed by atoms with Crippen LogP contribution >= 0.6 is 0 Å². The van der Waals surface area contributed by atoms with E-state index in [0.717, 1.165) is 51.9 Å². The third kappa shape index (κ3) is 7.48. The van der Waals surface area contributed by atoms with Crippen LogP contribution in [-0.4, -0.2) is 97.3 Å². The van der Waals surface area contributed by atoms with Gasteiger partial charge in [-0.1, -0.05) is 6.08 Å². The number of aliphatic hydroxyl groups excluding tert-OH is 1. The number of nitrogens with zero attached hydrogens (tertiary/aromatic N) is 1. The molecule has 4 saturated heterocycles. The molecule has 0 spiro atoms. The fraction of sp³-hybridized carbons (Fsp3) is 0.857. The number of quaternary nitrogens is 2. The molecule has 46 heavy (non-hydrogen) atoms. The zero-order chi connectivity index (χ0) is 33.2. The minimum atomic E-state index is -0.946. The van der Waals surface area contributed by atoms with E-state index in [4.69, 9.17) is 19.9 Å². The molecular weight excluding hydrogens is 588 g/mol. The molecule has 0 aromatic carbocycles. The van der Waals surface area contributed by atoms with Crippen LogP contribution in [0.1, 0.15) is 85.5 Å². The number of rotatable bonds is 12. The van der Waals surface area contributed by atoms with Gasteiger partial charge < -0.3 is 34.9 Å². The van der Waals surface area contributed by atoms with Crippen molar-refractivity contribution in [3.05, 3.63) is 11.6 Å². The van der Waals surface area contributed by atoms with Gasteiger partial charge in [-0.15, -0.1) is 0 Å². The summed E-state index contributed by atoms with van der Waals surface area (Å²) in [6, 6.07) is 0. The number of likely N-dealkylation sites (tertiary alicyclic amines) is 1. The summed E-state index contributed by atoms with van der Waals surface area (Å²) in [5, 5.41) is 13.7. The van der Waals surface area contributed by atoms with Crippen molar-refractivity contribution in [3.8, 4) is 0 Å². The van der Waals surface area contributed by atoms with Crippen LogP contribution in [-0.2, 0) is 28.6 Å². The molecule has 5 aliphatic rings. The van der Waals surface area contributed by atoms with Gasteiger partial charge in [-0.05, 0) is 84.0 Å². The number of allylic oxidation sites excluding steroid dienone is 1. The smallest absolute Gasteiger partial charge is 0.334 e. The monoisotopic (exact) mass is 648 g/mol. The number of amides is 1. The summed E-state index contributed by atoms with van der Waals surface area (Å²) in [6.07, 6.45) is 7.62. The summed E-state index contributed by atoms with van der Waals surface area (Å²) in [6.45, 7) is 11.1. The first-order valence-electron chi connectivity index (χ1n) is 17.9. The molecule has 1 amide bonds. The van der Waals surface area contributed by atoms with Crippen molar-refractivity contribution in [1.29, 1.82) is 0 Å². The summed E-state index contributed by atoms with van der Waals surface area (Å²) >= 11 is 0. The average Bonchev–Trinajstić information content (AvgIpc) is 3.35. The molecule has 11 heteroatoms. The lowest BCUT2D eigenvalue weighted by Crippen LogP contribution is -2.96. The largest absolute Gasteiger partial charge is 0.462 e. The van der Waals surface area contributed by atoms with Crippen molar-refractivity contribution in [3.63, 3.8) is 0 Å². The molecule has 0 radical (unpaired) electrons. The Morgan fingerprint density at radius 1 is 1.17 bits per heavy atom. The Labute approximate surface area is 274 Å². The first-order valence-corrected chi connectivity index (χ1v) is 17.9. The standard InChI is InChI=1S/C35H58N4O7/c1-6-21(2)32(42)46-34(3,4)35(15-25-12-30(36)38-18-27(25)13-31(41)39-19-22(20-39)17-37-5)16-26-11-24-10-23(8-7-9-40)33(43)44-28(24)14-29(26)45-35/h6,22-30,37-38,40H,7-20,36H2,1-5H3/p+2/t23?,24?,25?,26?,27?,28?,29?,30?,35-/m1/s1. The molecule has 8 unspecified atom stereocenters. The minimum Gasteiger partial charge on any atom is -0.462 e. The zero-order valence-electron chi connectivity index (χ0n) is 28.7. The number of esters is 2. The van der Waals surface area contributed by atoms with E-state index in [0.29, 0.717) is 43.6 Å². The minimum absolute atomic E-state index is 0.0559. The Balaban J connectivity index is 1.36. The van der Waals surface area contributed by atoms with Gasteiger partial charge in [0, 0.05) is 56.4 Å². The topological polar surface area (TPSA) is 162 Å². The molecule has 260 valence electrons. The van der Waals surface area contributed by atoms with Gasteiger partial charge in [0.25, 0.3) is 0 Å². The highest BCUT2D eigenvalue weighted by Gasteiger charge is 2.61. The third-order valence-corrected chi connectivity index (χ3v) is 12.1. The van der Waals surface area contributed by atoms with Gasteiger partial charge in [0.2, 0.25) is 5.91 Å². The molecule has 1 saturated carbocycles. The van der Waals surface area contributed by atoms with E-state index < -0.39 is 11.2 Å². The normalized spacial score (nSPS) is 36.8. The molecule has 4 heterocycles. The van der Waals surface area contributed by atoms with E-state index in [1.54, 1.807) is 13.0 Å². The van der Waals surface area contributed by atoms with Crippen LogP contribution < -0.4 is 16.4 Å². The number of carbonyl (C=O) groups is 3. The molecular formula is C35H60N4O7+2. The summed E-state index contributed by atoms with van der Waals surface area (Å²) in [4.78, 5) is 41.5. The van der Waals surface area contributed by atoms with Gasteiger partial charge in [-0.25, -0.2) is 4.79 Å². The number of piperidine rings is 1. The van der Waals surface area contributed by atoms with Gasteiger partial charge in [0.15, 0.2) is 0 Å². The van der Waals surface area contributed by atoms with Crippen molar-refractivity contribution in [2.24, 2.45) is 41.2 Å². The van der Waals surface area contributed by atoms with E-state index in [1.165, 1.54) is 0 Å². The number of hydrogen-bond donors (Lipinski definition) is 4. The number of ether oxygens (including phenoxy) is 3. The molecule has 5 fully saturated rings. The van der Waals surface area contributed by atoms with Crippen molar-refractivity contribution in [2.45, 2.75) is 115 Å². The van der Waals surface area contributed by atoms with Crippen LogP contribution in [0.25, 0.3) is 0 Å². The van der Waals surface area contributed by atoms with Crippen molar-refractivity contribution >= 4 is 17.8 Å². The summed E-state index contributed by atoms with van der Waals surface area (Å²) in [5.41, 5.74) is 5.37.